The van der Waals surface area contributed by atoms with Gasteiger partial charge in [-0.05, 0) is 36.6 Å². The van der Waals surface area contributed by atoms with E-state index in [0.29, 0.717) is 10.7 Å². The highest BCUT2D eigenvalue weighted by Crippen LogP contribution is 2.24. The van der Waals surface area contributed by atoms with Crippen molar-refractivity contribution in [2.24, 2.45) is 0 Å². The zero-order valence-electron chi connectivity index (χ0n) is 10.9. The van der Waals surface area contributed by atoms with E-state index in [-0.39, 0.29) is 6.54 Å². The molecule has 3 N–H and O–H groups in total. The van der Waals surface area contributed by atoms with Crippen LogP contribution in [-0.4, -0.2) is 24.9 Å². The number of aryl methyl sites for hydroxylation is 1. The zero-order valence-corrected chi connectivity index (χ0v) is 11.7. The molecule has 1 aromatic heterocycles. The largest absolute Gasteiger partial charge is 0.385 e. The molecule has 2 heterocycles. The van der Waals surface area contributed by atoms with Crippen molar-refractivity contribution in [3.8, 4) is 0 Å². The lowest BCUT2D eigenvalue weighted by Gasteiger charge is -2.18. The summed E-state index contributed by atoms with van der Waals surface area (Å²) in [7, 11) is -3.51. The molecule has 0 spiro atoms. The van der Waals surface area contributed by atoms with Crippen molar-refractivity contribution >= 4 is 15.7 Å². The van der Waals surface area contributed by atoms with Gasteiger partial charge in [-0.1, -0.05) is 0 Å². The smallest absolute Gasteiger partial charge is 0.240 e. The summed E-state index contributed by atoms with van der Waals surface area (Å²) in [5, 5.41) is 3.27. The summed E-state index contributed by atoms with van der Waals surface area (Å²) in [6.07, 6.45) is 5.18. The highest BCUT2D eigenvalue weighted by atomic mass is 32.2. The molecule has 0 saturated heterocycles. The first-order valence-electron chi connectivity index (χ1n) is 6.50. The number of nitrogens with one attached hydrogen (secondary N) is 3. The molecule has 0 amide bonds. The average Bonchev–Trinajstić information content (AvgIpc) is 2.98. The second kappa shape index (κ2) is 5.26. The number of imidazole rings is 1. The fraction of sp³-hybridized carbons (Fsp3) is 0.308. The minimum Gasteiger partial charge on any atom is -0.385 e. The number of sulfonamides is 1. The van der Waals surface area contributed by atoms with Crippen LogP contribution in [0, 0.1) is 0 Å². The Bertz CT molecular complexity index is 695. The van der Waals surface area contributed by atoms with Crippen LogP contribution >= 0.6 is 0 Å². The number of aromatic nitrogens is 2. The number of nitrogens with zero attached hydrogens (tertiary/aromatic N) is 1. The van der Waals surface area contributed by atoms with E-state index >= 15 is 0 Å². The molecule has 7 heteroatoms. The van der Waals surface area contributed by atoms with Gasteiger partial charge in [0.05, 0.1) is 11.4 Å². The molecule has 2 aromatic rings. The van der Waals surface area contributed by atoms with Crippen molar-refractivity contribution in [3.63, 3.8) is 0 Å². The first-order valence-corrected chi connectivity index (χ1v) is 7.98. The summed E-state index contributed by atoms with van der Waals surface area (Å²) < 4.78 is 27.0. The van der Waals surface area contributed by atoms with Crippen molar-refractivity contribution in [1.29, 1.82) is 0 Å². The lowest BCUT2D eigenvalue weighted by molar-refractivity contribution is 0.579. The fourth-order valence-electron chi connectivity index (χ4n) is 2.26. The number of rotatable bonds is 4. The van der Waals surface area contributed by atoms with E-state index in [0.717, 1.165) is 30.6 Å². The van der Waals surface area contributed by atoms with Crippen molar-refractivity contribution in [1.82, 2.24) is 14.7 Å². The molecule has 0 aliphatic carbocycles. The standard InChI is InChI=1S/C13H16N4O2S/c18-20(19,17-9-13-15-6-7-16-13)11-3-4-12-10(8-11)2-1-5-14-12/h3-4,6-8,14,17H,1-2,5,9H2,(H,15,16). The molecular formula is C13H16N4O2S. The maximum atomic E-state index is 12.2. The minimum atomic E-state index is -3.51. The van der Waals surface area contributed by atoms with Gasteiger partial charge in [0.15, 0.2) is 0 Å². The van der Waals surface area contributed by atoms with Crippen LogP contribution in [0.25, 0.3) is 0 Å². The predicted molar refractivity (Wildman–Crippen MR) is 75.9 cm³/mol. The van der Waals surface area contributed by atoms with Crippen molar-refractivity contribution in [2.45, 2.75) is 24.3 Å². The van der Waals surface area contributed by atoms with Crippen LogP contribution in [0.4, 0.5) is 5.69 Å². The molecule has 0 fully saturated rings. The quantitative estimate of drug-likeness (QED) is 0.791. The van der Waals surface area contributed by atoms with Crippen molar-refractivity contribution < 1.29 is 8.42 Å². The number of hydrogen-bond donors (Lipinski definition) is 3. The molecule has 0 atom stereocenters. The van der Waals surface area contributed by atoms with Gasteiger partial charge in [0, 0.05) is 24.6 Å². The summed E-state index contributed by atoms with van der Waals surface area (Å²) >= 11 is 0. The fourth-order valence-corrected chi connectivity index (χ4v) is 3.30. The van der Waals surface area contributed by atoms with Gasteiger partial charge >= 0.3 is 0 Å². The maximum absolute atomic E-state index is 12.2. The molecule has 0 bridgehead atoms. The molecule has 0 saturated carbocycles. The Labute approximate surface area is 117 Å². The summed E-state index contributed by atoms with van der Waals surface area (Å²) in [4.78, 5) is 7.15. The monoisotopic (exact) mass is 292 g/mol. The third kappa shape index (κ3) is 2.68. The van der Waals surface area contributed by atoms with Crippen LogP contribution in [-0.2, 0) is 23.0 Å². The van der Waals surface area contributed by atoms with E-state index < -0.39 is 10.0 Å². The van der Waals surface area contributed by atoms with E-state index in [1.54, 1.807) is 24.5 Å². The second-order valence-corrected chi connectivity index (χ2v) is 6.48. The highest BCUT2D eigenvalue weighted by molar-refractivity contribution is 7.89. The number of aromatic amines is 1. The van der Waals surface area contributed by atoms with Gasteiger partial charge in [0.2, 0.25) is 10.0 Å². The molecule has 20 heavy (non-hydrogen) atoms. The first-order chi connectivity index (χ1) is 9.65. The molecule has 6 nitrogen and oxygen atoms in total. The third-order valence-corrected chi connectivity index (χ3v) is 4.71. The zero-order chi connectivity index (χ0) is 14.0. The normalized spacial score (nSPS) is 14.6. The Morgan fingerprint density at radius 2 is 2.25 bits per heavy atom. The Morgan fingerprint density at radius 1 is 1.35 bits per heavy atom. The minimum absolute atomic E-state index is 0.157. The Morgan fingerprint density at radius 3 is 3.05 bits per heavy atom. The summed E-state index contributed by atoms with van der Waals surface area (Å²) in [6, 6.07) is 5.20. The molecule has 1 aliphatic heterocycles. The van der Waals surface area contributed by atoms with Crippen LogP contribution < -0.4 is 10.0 Å². The topological polar surface area (TPSA) is 86.9 Å². The number of anilines is 1. The first kappa shape index (κ1) is 13.1. The number of benzene rings is 1. The molecular weight excluding hydrogens is 276 g/mol. The molecule has 106 valence electrons. The van der Waals surface area contributed by atoms with Crippen LogP contribution in [0.2, 0.25) is 0 Å². The predicted octanol–water partition coefficient (Wildman–Crippen LogP) is 1.25. The van der Waals surface area contributed by atoms with E-state index in [1.165, 1.54) is 0 Å². The summed E-state index contributed by atoms with van der Waals surface area (Å²) in [6.45, 7) is 1.10. The van der Waals surface area contributed by atoms with Gasteiger partial charge in [-0.2, -0.15) is 0 Å². The molecule has 0 radical (unpaired) electrons. The molecule has 1 aromatic carbocycles. The number of hydrogen-bond acceptors (Lipinski definition) is 4. The Balaban J connectivity index is 1.80. The van der Waals surface area contributed by atoms with Gasteiger partial charge < -0.3 is 10.3 Å². The summed E-state index contributed by atoms with van der Waals surface area (Å²) in [5.41, 5.74) is 2.08. The van der Waals surface area contributed by atoms with Gasteiger partial charge in [-0.25, -0.2) is 18.1 Å². The highest BCUT2D eigenvalue weighted by Gasteiger charge is 2.17. The van der Waals surface area contributed by atoms with E-state index in [9.17, 15) is 8.42 Å². The van der Waals surface area contributed by atoms with Gasteiger partial charge in [0.25, 0.3) is 0 Å². The average molecular weight is 292 g/mol. The number of fused-ring (bicyclic) bond motifs is 1. The third-order valence-electron chi connectivity index (χ3n) is 3.31. The van der Waals surface area contributed by atoms with Crippen LogP contribution in [0.5, 0.6) is 0 Å². The lowest BCUT2D eigenvalue weighted by atomic mass is 10.0. The molecule has 0 unspecified atom stereocenters. The number of H-pyrrole nitrogens is 1. The molecule has 3 rings (SSSR count). The van der Waals surface area contributed by atoms with Crippen LogP contribution in [0.3, 0.4) is 0 Å². The lowest BCUT2D eigenvalue weighted by Crippen LogP contribution is -2.24. The van der Waals surface area contributed by atoms with Crippen molar-refractivity contribution in [2.75, 3.05) is 11.9 Å². The van der Waals surface area contributed by atoms with Gasteiger partial charge in [0.1, 0.15) is 5.82 Å². The van der Waals surface area contributed by atoms with Gasteiger partial charge in [-0.15, -0.1) is 0 Å². The van der Waals surface area contributed by atoms with E-state index in [4.69, 9.17) is 0 Å². The van der Waals surface area contributed by atoms with E-state index in [2.05, 4.69) is 20.0 Å². The summed E-state index contributed by atoms with van der Waals surface area (Å²) in [5.74, 6) is 0.591. The van der Waals surface area contributed by atoms with Crippen molar-refractivity contribution in [3.05, 3.63) is 42.0 Å². The van der Waals surface area contributed by atoms with Gasteiger partial charge in [-0.3, -0.25) is 0 Å². The molecule has 1 aliphatic rings. The Hall–Kier alpha value is -1.86. The maximum Gasteiger partial charge on any atom is 0.240 e. The Kier molecular flexibility index (Phi) is 3.45. The van der Waals surface area contributed by atoms with E-state index in [1.807, 2.05) is 6.07 Å². The van der Waals surface area contributed by atoms with Crippen LogP contribution in [0.15, 0.2) is 35.5 Å². The SMILES string of the molecule is O=S(=O)(NCc1ncc[nH]1)c1ccc2c(c1)CCCN2. The second-order valence-electron chi connectivity index (χ2n) is 4.71. The van der Waals surface area contributed by atoms with Crippen LogP contribution in [0.1, 0.15) is 17.8 Å².